The number of fused-ring (bicyclic) bond motifs is 1. The number of benzene rings is 1. The van der Waals surface area contributed by atoms with Crippen LogP contribution >= 0.6 is 23.1 Å². The molecule has 1 atom stereocenters. The van der Waals surface area contributed by atoms with Gasteiger partial charge >= 0.3 is 0 Å². The zero-order valence-electron chi connectivity index (χ0n) is 16.8. The molecule has 2 aromatic rings. The van der Waals surface area contributed by atoms with Crippen molar-refractivity contribution < 1.29 is 14.3 Å². The summed E-state index contributed by atoms with van der Waals surface area (Å²) in [6, 6.07) is 10.4. The maximum atomic E-state index is 12.5. The van der Waals surface area contributed by atoms with Crippen LogP contribution in [0.2, 0.25) is 0 Å². The third kappa shape index (κ3) is 5.47. The molecule has 1 aromatic heterocycles. The van der Waals surface area contributed by atoms with E-state index in [4.69, 9.17) is 9.47 Å². The van der Waals surface area contributed by atoms with Crippen molar-refractivity contribution in [1.29, 1.82) is 0 Å². The van der Waals surface area contributed by atoms with Gasteiger partial charge in [-0.3, -0.25) is 9.69 Å². The molecule has 1 fully saturated rings. The topological polar surface area (TPSA) is 50.8 Å². The zero-order chi connectivity index (χ0) is 20.1. The molecule has 1 amide bonds. The van der Waals surface area contributed by atoms with E-state index in [2.05, 4.69) is 34.7 Å². The Bertz CT molecular complexity index is 804. The molecule has 5 nitrogen and oxygen atoms in total. The minimum absolute atomic E-state index is 0.0665. The molecule has 0 spiro atoms. The number of nitrogens with zero attached hydrogens (tertiary/aromatic N) is 1. The standard InChI is InChI=1S/C22H28N2O3S2/c1-16-6-8-24(9-7-16)18(21-3-2-12-28-21)14-23-22(25)15-29-17-4-5-19-20(13-17)27-11-10-26-19/h2-5,12-13,16,18H,6-11,14-15H2,1H3,(H,23,25). The molecule has 0 bridgehead atoms. The smallest absolute Gasteiger partial charge is 0.230 e. The van der Waals surface area contributed by atoms with Crippen LogP contribution in [0.3, 0.4) is 0 Å². The number of thiophene rings is 1. The van der Waals surface area contributed by atoms with Gasteiger partial charge in [-0.2, -0.15) is 0 Å². The van der Waals surface area contributed by atoms with Gasteiger partial charge in [0.2, 0.25) is 5.91 Å². The molecule has 7 heteroatoms. The predicted octanol–water partition coefficient (Wildman–Crippen LogP) is 4.20. The molecule has 1 aromatic carbocycles. The van der Waals surface area contributed by atoms with E-state index < -0.39 is 0 Å². The molecule has 4 rings (SSSR count). The summed E-state index contributed by atoms with van der Waals surface area (Å²) in [5, 5.41) is 5.28. The van der Waals surface area contributed by atoms with Gasteiger partial charge in [0.25, 0.3) is 0 Å². The SMILES string of the molecule is CC1CCN(C(CNC(=O)CSc2ccc3c(c2)OCCO3)c2cccs2)CC1. The highest BCUT2D eigenvalue weighted by molar-refractivity contribution is 8.00. The second-order valence-corrected chi connectivity index (χ2v) is 9.68. The van der Waals surface area contributed by atoms with Crippen molar-refractivity contribution in [2.45, 2.75) is 30.7 Å². The minimum atomic E-state index is 0.0665. The number of thioether (sulfide) groups is 1. The lowest BCUT2D eigenvalue weighted by Crippen LogP contribution is -2.42. The van der Waals surface area contributed by atoms with Crippen LogP contribution in [-0.4, -0.2) is 49.4 Å². The lowest BCUT2D eigenvalue weighted by molar-refractivity contribution is -0.118. The number of amides is 1. The molecule has 156 valence electrons. The number of piperidine rings is 1. The van der Waals surface area contributed by atoms with Gasteiger partial charge in [-0.05, 0) is 61.5 Å². The predicted molar refractivity (Wildman–Crippen MR) is 118 cm³/mol. The van der Waals surface area contributed by atoms with E-state index in [0.717, 1.165) is 35.4 Å². The Hall–Kier alpha value is -1.70. The molecule has 0 radical (unpaired) electrons. The van der Waals surface area contributed by atoms with Gasteiger partial charge in [-0.1, -0.05) is 13.0 Å². The Morgan fingerprint density at radius 1 is 1.24 bits per heavy atom. The third-order valence-electron chi connectivity index (χ3n) is 5.51. The van der Waals surface area contributed by atoms with Gasteiger partial charge in [0, 0.05) is 16.3 Å². The molecule has 0 saturated carbocycles. The number of rotatable bonds is 7. The van der Waals surface area contributed by atoms with Gasteiger partial charge in [-0.15, -0.1) is 23.1 Å². The molecule has 2 aliphatic heterocycles. The van der Waals surface area contributed by atoms with Gasteiger partial charge in [-0.25, -0.2) is 0 Å². The van der Waals surface area contributed by atoms with Crippen molar-refractivity contribution in [3.63, 3.8) is 0 Å². The van der Waals surface area contributed by atoms with Crippen LogP contribution in [0.25, 0.3) is 0 Å². The van der Waals surface area contributed by atoms with E-state index in [1.54, 1.807) is 11.3 Å². The lowest BCUT2D eigenvalue weighted by atomic mass is 9.97. The fourth-order valence-corrected chi connectivity index (χ4v) is 5.37. The number of likely N-dealkylation sites (tertiary alicyclic amines) is 1. The van der Waals surface area contributed by atoms with Crippen LogP contribution in [0.1, 0.15) is 30.7 Å². The van der Waals surface area contributed by atoms with Crippen molar-refractivity contribution in [1.82, 2.24) is 10.2 Å². The maximum Gasteiger partial charge on any atom is 0.230 e. The summed E-state index contributed by atoms with van der Waals surface area (Å²) in [4.78, 5) is 17.4. The van der Waals surface area contributed by atoms with Crippen molar-refractivity contribution in [3.8, 4) is 11.5 Å². The third-order valence-corrected chi connectivity index (χ3v) is 7.47. The Morgan fingerprint density at radius 2 is 2.03 bits per heavy atom. The quantitative estimate of drug-likeness (QED) is 0.665. The fraction of sp³-hybridized carbons (Fsp3) is 0.500. The normalized spacial score (nSPS) is 18.4. The van der Waals surface area contributed by atoms with Crippen molar-refractivity contribution in [2.24, 2.45) is 5.92 Å². The number of carbonyl (C=O) groups excluding carboxylic acids is 1. The summed E-state index contributed by atoms with van der Waals surface area (Å²) >= 11 is 3.30. The first-order valence-electron chi connectivity index (χ1n) is 10.3. The number of hydrogen-bond donors (Lipinski definition) is 1. The Labute approximate surface area is 180 Å². The van der Waals surface area contributed by atoms with Crippen LogP contribution < -0.4 is 14.8 Å². The van der Waals surface area contributed by atoms with Crippen molar-refractivity contribution >= 4 is 29.0 Å². The molecule has 1 N–H and O–H groups in total. The average Bonchev–Trinajstić information content (AvgIpc) is 3.28. The van der Waals surface area contributed by atoms with Gasteiger partial charge < -0.3 is 14.8 Å². The first-order valence-corrected chi connectivity index (χ1v) is 12.1. The molecule has 3 heterocycles. The molecule has 2 aliphatic rings. The van der Waals surface area contributed by atoms with E-state index in [1.807, 2.05) is 18.2 Å². The van der Waals surface area contributed by atoms with Gasteiger partial charge in [0.05, 0.1) is 11.8 Å². The highest BCUT2D eigenvalue weighted by Gasteiger charge is 2.25. The maximum absolute atomic E-state index is 12.5. The Balaban J connectivity index is 1.30. The van der Waals surface area contributed by atoms with E-state index in [1.165, 1.54) is 29.5 Å². The second kappa shape index (κ2) is 9.87. The molecular weight excluding hydrogens is 404 g/mol. The summed E-state index contributed by atoms with van der Waals surface area (Å²) in [5.41, 5.74) is 0. The highest BCUT2D eigenvalue weighted by Crippen LogP contribution is 2.34. The van der Waals surface area contributed by atoms with E-state index in [-0.39, 0.29) is 11.9 Å². The van der Waals surface area contributed by atoms with Crippen LogP contribution in [-0.2, 0) is 4.79 Å². The lowest BCUT2D eigenvalue weighted by Gasteiger charge is -2.36. The van der Waals surface area contributed by atoms with Crippen LogP contribution in [0.5, 0.6) is 11.5 Å². The van der Waals surface area contributed by atoms with E-state index >= 15 is 0 Å². The average molecular weight is 433 g/mol. The van der Waals surface area contributed by atoms with Crippen LogP contribution in [0.4, 0.5) is 0 Å². The fourth-order valence-electron chi connectivity index (χ4n) is 3.75. The molecule has 1 unspecified atom stereocenters. The number of hydrogen-bond acceptors (Lipinski definition) is 6. The molecular formula is C22H28N2O3S2. The highest BCUT2D eigenvalue weighted by atomic mass is 32.2. The van der Waals surface area contributed by atoms with Crippen LogP contribution in [0.15, 0.2) is 40.6 Å². The first-order chi connectivity index (χ1) is 14.2. The van der Waals surface area contributed by atoms with Crippen molar-refractivity contribution in [2.75, 3.05) is 38.6 Å². The number of ether oxygens (including phenoxy) is 2. The summed E-state index contributed by atoms with van der Waals surface area (Å²) in [6.45, 7) is 6.35. The summed E-state index contributed by atoms with van der Waals surface area (Å²) < 4.78 is 11.2. The summed E-state index contributed by atoms with van der Waals surface area (Å²) in [6.07, 6.45) is 2.46. The Morgan fingerprint density at radius 3 is 2.79 bits per heavy atom. The molecule has 29 heavy (non-hydrogen) atoms. The van der Waals surface area contributed by atoms with Gasteiger partial charge in [0.15, 0.2) is 11.5 Å². The largest absolute Gasteiger partial charge is 0.486 e. The number of carbonyl (C=O) groups is 1. The molecule has 1 saturated heterocycles. The number of nitrogens with one attached hydrogen (secondary N) is 1. The zero-order valence-corrected chi connectivity index (χ0v) is 18.4. The first kappa shape index (κ1) is 20.6. The van der Waals surface area contributed by atoms with E-state index in [0.29, 0.717) is 25.5 Å². The Kier molecular flexibility index (Phi) is 7.00. The van der Waals surface area contributed by atoms with E-state index in [9.17, 15) is 4.79 Å². The van der Waals surface area contributed by atoms with Gasteiger partial charge in [0.1, 0.15) is 13.2 Å². The second-order valence-electron chi connectivity index (χ2n) is 7.65. The summed E-state index contributed by atoms with van der Waals surface area (Å²) in [5.74, 6) is 2.80. The monoisotopic (exact) mass is 432 g/mol. The van der Waals surface area contributed by atoms with Crippen LogP contribution in [0, 0.1) is 5.92 Å². The van der Waals surface area contributed by atoms with Crippen molar-refractivity contribution in [3.05, 3.63) is 40.6 Å². The molecule has 0 aliphatic carbocycles. The minimum Gasteiger partial charge on any atom is -0.486 e. The summed E-state index contributed by atoms with van der Waals surface area (Å²) in [7, 11) is 0.